The lowest BCUT2D eigenvalue weighted by Gasteiger charge is -2.09. The molecule has 0 atom stereocenters. The van der Waals surface area contributed by atoms with E-state index in [1.54, 1.807) is 13.0 Å². The van der Waals surface area contributed by atoms with Crippen LogP contribution in [0.2, 0.25) is 5.15 Å². The van der Waals surface area contributed by atoms with Gasteiger partial charge in [-0.25, -0.2) is 14.9 Å². The fraction of sp³-hybridized carbons (Fsp3) is 0.176. The molecule has 0 aliphatic carbocycles. The summed E-state index contributed by atoms with van der Waals surface area (Å²) in [4.78, 5) is 21.1. The lowest BCUT2D eigenvalue weighted by atomic mass is 10.2. The van der Waals surface area contributed by atoms with E-state index >= 15 is 0 Å². The van der Waals surface area contributed by atoms with Crippen molar-refractivity contribution >= 4 is 39.9 Å². The average molecular weight is 380 g/mol. The molecule has 0 saturated carbocycles. The van der Waals surface area contributed by atoms with Gasteiger partial charge in [0.1, 0.15) is 22.2 Å². The van der Waals surface area contributed by atoms with Gasteiger partial charge in [0.15, 0.2) is 0 Å². The number of aliphatic hydroxyl groups is 1. The number of nitrogens with one attached hydrogen (secondary N) is 2. The minimum atomic E-state index is -0.722. The molecule has 0 aliphatic rings. The summed E-state index contributed by atoms with van der Waals surface area (Å²) in [7, 11) is 0. The third kappa shape index (κ3) is 3.62. The summed E-state index contributed by atoms with van der Waals surface area (Å²) in [6, 6.07) is 6.15. The molecular weight excluding hydrogens is 365 g/mol. The number of aryl methyl sites for hydroxylation is 1. The third-order valence-corrected chi connectivity index (χ3v) is 3.79. The van der Waals surface area contributed by atoms with Gasteiger partial charge in [0, 0.05) is 6.20 Å². The number of hydroxylamine groups is 1. The molecular formula is C17H15ClFN3O4. The Morgan fingerprint density at radius 3 is 2.96 bits per heavy atom. The average Bonchev–Trinajstić information content (AvgIpc) is 2.97. The second kappa shape index (κ2) is 7.69. The van der Waals surface area contributed by atoms with Gasteiger partial charge in [-0.15, -0.1) is 0 Å². The lowest BCUT2D eigenvalue weighted by molar-refractivity contribution is 0.0152. The van der Waals surface area contributed by atoms with Gasteiger partial charge in [-0.3, -0.25) is 9.63 Å². The molecule has 3 rings (SSSR count). The number of halogens is 2. The number of benzene rings is 1. The first-order valence-electron chi connectivity index (χ1n) is 7.64. The molecule has 0 radical (unpaired) electrons. The molecule has 26 heavy (non-hydrogen) atoms. The topological polar surface area (TPSA) is 96.6 Å². The van der Waals surface area contributed by atoms with Crippen LogP contribution in [0.15, 0.2) is 34.9 Å². The minimum absolute atomic E-state index is 0.0936. The van der Waals surface area contributed by atoms with E-state index in [1.807, 2.05) is 0 Å². The van der Waals surface area contributed by atoms with Gasteiger partial charge in [0.2, 0.25) is 5.76 Å². The second-order valence-electron chi connectivity index (χ2n) is 5.39. The Labute approximate surface area is 152 Å². The molecule has 0 bridgehead atoms. The van der Waals surface area contributed by atoms with Gasteiger partial charge in [-0.05, 0) is 30.7 Å². The van der Waals surface area contributed by atoms with E-state index < -0.39 is 11.7 Å². The fourth-order valence-corrected chi connectivity index (χ4v) is 2.59. The number of hydrogen-bond acceptors (Lipinski definition) is 6. The van der Waals surface area contributed by atoms with Crippen molar-refractivity contribution in [2.24, 2.45) is 0 Å². The number of anilines is 2. The fourth-order valence-electron chi connectivity index (χ4n) is 2.35. The number of carbonyl (C=O) groups excluding carboxylic acids is 1. The number of amides is 1. The van der Waals surface area contributed by atoms with Gasteiger partial charge in [-0.1, -0.05) is 17.7 Å². The minimum Gasteiger partial charge on any atom is -0.448 e. The van der Waals surface area contributed by atoms with Crippen molar-refractivity contribution in [3.63, 3.8) is 0 Å². The molecule has 1 aromatic carbocycles. The van der Waals surface area contributed by atoms with E-state index in [9.17, 15) is 9.18 Å². The maximum absolute atomic E-state index is 14.2. The SMILES string of the molecule is Cc1ccc(Nc2c(C(=O)NOCCO)oc3ccnc(Cl)c23)c(F)c1. The van der Waals surface area contributed by atoms with E-state index in [1.165, 1.54) is 24.4 Å². The highest BCUT2D eigenvalue weighted by Gasteiger charge is 2.24. The quantitative estimate of drug-likeness (QED) is 0.345. The number of carbonyl (C=O) groups is 1. The van der Waals surface area contributed by atoms with Gasteiger partial charge in [0.25, 0.3) is 0 Å². The highest BCUT2D eigenvalue weighted by molar-refractivity contribution is 6.35. The van der Waals surface area contributed by atoms with Crippen LogP contribution in [0.5, 0.6) is 0 Å². The molecule has 0 spiro atoms. The monoisotopic (exact) mass is 379 g/mol. The van der Waals surface area contributed by atoms with Crippen LogP contribution in [0.4, 0.5) is 15.8 Å². The second-order valence-corrected chi connectivity index (χ2v) is 5.75. The molecule has 2 aromatic heterocycles. The van der Waals surface area contributed by atoms with Crippen molar-refractivity contribution < 1.29 is 23.5 Å². The number of hydrogen-bond donors (Lipinski definition) is 3. The summed E-state index contributed by atoms with van der Waals surface area (Å²) >= 11 is 6.14. The predicted octanol–water partition coefficient (Wildman–Crippen LogP) is 3.33. The summed E-state index contributed by atoms with van der Waals surface area (Å²) in [5.74, 6) is -1.38. The molecule has 1 amide bonds. The van der Waals surface area contributed by atoms with Crippen LogP contribution in [-0.4, -0.2) is 29.2 Å². The van der Waals surface area contributed by atoms with E-state index in [4.69, 9.17) is 26.0 Å². The van der Waals surface area contributed by atoms with Crippen molar-refractivity contribution in [1.82, 2.24) is 10.5 Å². The van der Waals surface area contributed by atoms with Gasteiger partial charge >= 0.3 is 5.91 Å². The first-order chi connectivity index (χ1) is 12.5. The van der Waals surface area contributed by atoms with Crippen molar-refractivity contribution in [1.29, 1.82) is 0 Å². The maximum Gasteiger partial charge on any atom is 0.312 e. The Morgan fingerprint density at radius 2 is 2.23 bits per heavy atom. The van der Waals surface area contributed by atoms with Gasteiger partial charge < -0.3 is 14.8 Å². The lowest BCUT2D eigenvalue weighted by Crippen LogP contribution is -2.25. The number of furan rings is 1. The van der Waals surface area contributed by atoms with Crippen LogP contribution < -0.4 is 10.8 Å². The van der Waals surface area contributed by atoms with Crippen molar-refractivity contribution in [2.45, 2.75) is 6.92 Å². The molecule has 2 heterocycles. The molecule has 3 N–H and O–H groups in total. The van der Waals surface area contributed by atoms with Crippen LogP contribution in [0.1, 0.15) is 16.1 Å². The standard InChI is InChI=1S/C17H15ClFN3O4/c1-9-2-3-11(10(19)8-9)21-14-13-12(4-5-20-16(13)18)26-15(14)17(24)22-25-7-6-23/h2-5,8,21,23H,6-7H2,1H3,(H,22,24). The number of fused-ring (bicyclic) bond motifs is 1. The Balaban J connectivity index is 2.05. The molecule has 3 aromatic rings. The zero-order valence-corrected chi connectivity index (χ0v) is 14.4. The molecule has 0 saturated heterocycles. The van der Waals surface area contributed by atoms with E-state index in [0.717, 1.165) is 5.56 Å². The first kappa shape index (κ1) is 18.1. The van der Waals surface area contributed by atoms with Crippen LogP contribution >= 0.6 is 11.6 Å². The normalized spacial score (nSPS) is 10.9. The number of aromatic nitrogens is 1. The van der Waals surface area contributed by atoms with E-state index in [2.05, 4.69) is 15.8 Å². The van der Waals surface area contributed by atoms with E-state index in [0.29, 0.717) is 11.0 Å². The molecule has 7 nitrogen and oxygen atoms in total. The number of pyridine rings is 1. The summed E-state index contributed by atoms with van der Waals surface area (Å²) in [5, 5.41) is 12.0. The Morgan fingerprint density at radius 1 is 1.42 bits per heavy atom. The largest absolute Gasteiger partial charge is 0.448 e. The number of aliphatic hydroxyl groups excluding tert-OH is 1. The predicted molar refractivity (Wildman–Crippen MR) is 93.9 cm³/mol. The zero-order chi connectivity index (χ0) is 18.7. The van der Waals surface area contributed by atoms with Crippen LogP contribution in [0, 0.1) is 12.7 Å². The van der Waals surface area contributed by atoms with Gasteiger partial charge in [-0.2, -0.15) is 0 Å². The highest BCUT2D eigenvalue weighted by Crippen LogP contribution is 2.37. The summed E-state index contributed by atoms with van der Waals surface area (Å²) in [6.45, 7) is 1.40. The van der Waals surface area contributed by atoms with Crippen LogP contribution in [0.25, 0.3) is 11.0 Å². The Hall–Kier alpha value is -2.68. The summed E-state index contributed by atoms with van der Waals surface area (Å²) < 4.78 is 19.8. The molecule has 0 aliphatic heterocycles. The Bertz CT molecular complexity index is 961. The maximum atomic E-state index is 14.2. The van der Waals surface area contributed by atoms with Crippen molar-refractivity contribution in [3.05, 3.63) is 52.8 Å². The molecule has 0 unspecified atom stereocenters. The summed E-state index contributed by atoms with van der Waals surface area (Å²) in [6.07, 6.45) is 1.42. The summed E-state index contributed by atoms with van der Waals surface area (Å²) in [5.41, 5.74) is 3.49. The number of rotatable bonds is 6. The molecule has 0 fully saturated rings. The first-order valence-corrected chi connectivity index (χ1v) is 8.02. The van der Waals surface area contributed by atoms with Crippen molar-refractivity contribution in [2.75, 3.05) is 18.5 Å². The molecule has 9 heteroatoms. The van der Waals surface area contributed by atoms with Gasteiger partial charge in [0.05, 0.1) is 24.3 Å². The van der Waals surface area contributed by atoms with Crippen LogP contribution in [0.3, 0.4) is 0 Å². The zero-order valence-electron chi connectivity index (χ0n) is 13.7. The highest BCUT2D eigenvalue weighted by atomic mass is 35.5. The van der Waals surface area contributed by atoms with E-state index in [-0.39, 0.29) is 35.5 Å². The van der Waals surface area contributed by atoms with Crippen LogP contribution in [-0.2, 0) is 4.84 Å². The molecule has 136 valence electrons. The smallest absolute Gasteiger partial charge is 0.312 e. The van der Waals surface area contributed by atoms with Crippen molar-refractivity contribution in [3.8, 4) is 0 Å². The number of nitrogens with zero attached hydrogens (tertiary/aromatic N) is 1. The third-order valence-electron chi connectivity index (χ3n) is 3.50. The Kier molecular flexibility index (Phi) is 5.36.